The van der Waals surface area contributed by atoms with Gasteiger partial charge in [0, 0.05) is 11.4 Å². The third-order valence-electron chi connectivity index (χ3n) is 4.56. The van der Waals surface area contributed by atoms with Crippen LogP contribution in [0.2, 0.25) is 0 Å². The lowest BCUT2D eigenvalue weighted by molar-refractivity contribution is -0.138. The van der Waals surface area contributed by atoms with Gasteiger partial charge in [0.2, 0.25) is 0 Å². The summed E-state index contributed by atoms with van der Waals surface area (Å²) in [5.74, 6) is -0.367. The minimum Gasteiger partial charge on any atom is -0.374 e. The predicted octanol–water partition coefficient (Wildman–Crippen LogP) is 5.63. The SMILES string of the molecule is C=C(Nc1cnc(C#N)c(C(F)(F)F)c1)C(C)(CC)Nc1ccc(C)c(F)c1. The van der Waals surface area contributed by atoms with Crippen LogP contribution >= 0.6 is 0 Å². The van der Waals surface area contributed by atoms with E-state index >= 15 is 0 Å². The van der Waals surface area contributed by atoms with E-state index < -0.39 is 23.0 Å². The lowest BCUT2D eigenvalue weighted by Crippen LogP contribution is -2.38. The number of nitrogens with zero attached hydrogens (tertiary/aromatic N) is 2. The van der Waals surface area contributed by atoms with Gasteiger partial charge in [0.1, 0.15) is 11.9 Å². The molecule has 2 rings (SSSR count). The summed E-state index contributed by atoms with van der Waals surface area (Å²) >= 11 is 0. The fraction of sp³-hybridized carbons (Fsp3) is 0.300. The van der Waals surface area contributed by atoms with Gasteiger partial charge in [-0.25, -0.2) is 9.37 Å². The summed E-state index contributed by atoms with van der Waals surface area (Å²) in [6.07, 6.45) is -3.05. The predicted molar refractivity (Wildman–Crippen MR) is 100 cm³/mol. The topological polar surface area (TPSA) is 60.7 Å². The molecular formula is C20H20F4N4. The molecule has 2 aromatic rings. The van der Waals surface area contributed by atoms with Crippen LogP contribution in [0, 0.1) is 24.1 Å². The van der Waals surface area contributed by atoms with Gasteiger partial charge in [-0.05, 0) is 44.0 Å². The number of nitriles is 1. The number of pyridine rings is 1. The van der Waals surface area contributed by atoms with Crippen LogP contribution in [0.25, 0.3) is 0 Å². The highest BCUT2D eigenvalue weighted by molar-refractivity contribution is 5.56. The summed E-state index contributed by atoms with van der Waals surface area (Å²) in [4.78, 5) is 3.58. The summed E-state index contributed by atoms with van der Waals surface area (Å²) in [6.45, 7) is 9.23. The molecule has 1 heterocycles. The van der Waals surface area contributed by atoms with Gasteiger partial charge in [-0.1, -0.05) is 19.6 Å². The highest BCUT2D eigenvalue weighted by atomic mass is 19.4. The van der Waals surface area contributed by atoms with E-state index in [1.165, 1.54) is 12.1 Å². The first-order chi connectivity index (χ1) is 13.0. The smallest absolute Gasteiger partial charge is 0.374 e. The molecule has 2 N–H and O–H groups in total. The van der Waals surface area contributed by atoms with Crippen LogP contribution in [0.15, 0.2) is 42.7 Å². The normalized spacial score (nSPS) is 13.4. The quantitative estimate of drug-likeness (QED) is 0.626. The van der Waals surface area contributed by atoms with Gasteiger partial charge in [-0.15, -0.1) is 0 Å². The van der Waals surface area contributed by atoms with E-state index in [2.05, 4.69) is 22.2 Å². The molecule has 8 heteroatoms. The van der Waals surface area contributed by atoms with Gasteiger partial charge in [0.15, 0.2) is 5.69 Å². The lowest BCUT2D eigenvalue weighted by Gasteiger charge is -2.34. The molecule has 148 valence electrons. The highest BCUT2D eigenvalue weighted by Crippen LogP contribution is 2.34. The van der Waals surface area contributed by atoms with E-state index in [1.807, 2.05) is 6.92 Å². The van der Waals surface area contributed by atoms with Crippen molar-refractivity contribution in [1.82, 2.24) is 4.98 Å². The van der Waals surface area contributed by atoms with Crippen molar-refractivity contribution in [2.75, 3.05) is 10.6 Å². The van der Waals surface area contributed by atoms with Crippen molar-refractivity contribution in [3.05, 3.63) is 65.4 Å². The molecule has 0 aliphatic carbocycles. The van der Waals surface area contributed by atoms with Gasteiger partial charge in [-0.3, -0.25) is 0 Å². The summed E-state index contributed by atoms with van der Waals surface area (Å²) in [6, 6.07) is 6.95. The third-order valence-corrected chi connectivity index (χ3v) is 4.56. The molecule has 1 atom stereocenters. The first-order valence-electron chi connectivity index (χ1n) is 8.48. The molecule has 0 amide bonds. The number of aryl methyl sites for hydroxylation is 1. The molecular weight excluding hydrogens is 372 g/mol. The minimum atomic E-state index is -4.71. The molecule has 4 nitrogen and oxygen atoms in total. The molecule has 0 saturated carbocycles. The van der Waals surface area contributed by atoms with Crippen LogP contribution in [0.4, 0.5) is 28.9 Å². The fourth-order valence-corrected chi connectivity index (χ4v) is 2.52. The maximum absolute atomic E-state index is 13.8. The molecule has 0 saturated heterocycles. The Bertz CT molecular complexity index is 931. The molecule has 0 spiro atoms. The van der Waals surface area contributed by atoms with E-state index in [1.54, 1.807) is 26.0 Å². The maximum atomic E-state index is 13.8. The number of rotatable bonds is 6. The molecule has 0 aliphatic heterocycles. The number of halogens is 4. The van der Waals surface area contributed by atoms with E-state index in [9.17, 15) is 17.6 Å². The van der Waals surface area contributed by atoms with E-state index in [0.717, 1.165) is 12.3 Å². The molecule has 0 aliphatic rings. The Morgan fingerprint density at radius 1 is 1.25 bits per heavy atom. The number of hydrogen-bond donors (Lipinski definition) is 2. The second-order valence-corrected chi connectivity index (χ2v) is 6.61. The van der Waals surface area contributed by atoms with Crippen LogP contribution in [-0.2, 0) is 6.18 Å². The van der Waals surface area contributed by atoms with Gasteiger partial charge >= 0.3 is 6.18 Å². The highest BCUT2D eigenvalue weighted by Gasteiger charge is 2.35. The number of anilines is 2. The molecule has 1 aromatic carbocycles. The average molecular weight is 392 g/mol. The second-order valence-electron chi connectivity index (χ2n) is 6.61. The van der Waals surface area contributed by atoms with Gasteiger partial charge < -0.3 is 10.6 Å². The molecule has 1 aromatic heterocycles. The number of benzene rings is 1. The molecule has 0 fully saturated rings. The zero-order valence-electron chi connectivity index (χ0n) is 15.7. The van der Waals surface area contributed by atoms with Crippen LogP contribution in [-0.4, -0.2) is 10.5 Å². The Kier molecular flexibility index (Phi) is 5.98. The van der Waals surface area contributed by atoms with Crippen molar-refractivity contribution in [2.24, 2.45) is 0 Å². The zero-order valence-corrected chi connectivity index (χ0v) is 15.7. The van der Waals surface area contributed by atoms with E-state index in [-0.39, 0.29) is 11.5 Å². The van der Waals surface area contributed by atoms with Crippen molar-refractivity contribution < 1.29 is 17.6 Å². The van der Waals surface area contributed by atoms with Crippen LogP contribution in [0.3, 0.4) is 0 Å². The second kappa shape index (κ2) is 7.89. The van der Waals surface area contributed by atoms with Crippen LogP contribution in [0.1, 0.15) is 37.1 Å². The Labute approximate surface area is 160 Å². The first-order valence-corrected chi connectivity index (χ1v) is 8.48. The van der Waals surface area contributed by atoms with E-state index in [0.29, 0.717) is 23.4 Å². The number of aromatic nitrogens is 1. The molecule has 0 radical (unpaired) electrons. The minimum absolute atomic E-state index is 0.0490. The Morgan fingerprint density at radius 3 is 2.46 bits per heavy atom. The summed E-state index contributed by atoms with van der Waals surface area (Å²) in [5.41, 5.74) is -1.17. The van der Waals surface area contributed by atoms with Crippen molar-refractivity contribution in [3.8, 4) is 6.07 Å². The van der Waals surface area contributed by atoms with Crippen LogP contribution in [0.5, 0.6) is 0 Å². The van der Waals surface area contributed by atoms with Crippen molar-refractivity contribution >= 4 is 11.4 Å². The lowest BCUT2D eigenvalue weighted by atomic mass is 9.94. The summed E-state index contributed by atoms with van der Waals surface area (Å²) in [7, 11) is 0. The largest absolute Gasteiger partial charge is 0.419 e. The number of nitrogens with one attached hydrogen (secondary N) is 2. The van der Waals surface area contributed by atoms with Gasteiger partial charge in [0.05, 0.1) is 23.0 Å². The standard InChI is InChI=1S/C20H20F4N4/c1-5-19(4,28-14-7-6-12(2)17(21)9-14)13(3)27-15-8-16(20(22,23)24)18(10-25)26-11-15/h6-9,11,27-28H,3,5H2,1-2,4H3. The molecule has 1 unspecified atom stereocenters. The van der Waals surface area contributed by atoms with Crippen molar-refractivity contribution in [1.29, 1.82) is 5.26 Å². The van der Waals surface area contributed by atoms with Crippen LogP contribution < -0.4 is 10.6 Å². The van der Waals surface area contributed by atoms with Gasteiger partial charge in [0.25, 0.3) is 0 Å². The number of alkyl halides is 3. The average Bonchev–Trinajstić information content (AvgIpc) is 2.63. The fourth-order valence-electron chi connectivity index (χ4n) is 2.52. The zero-order chi connectivity index (χ0) is 21.1. The Balaban J connectivity index is 2.28. The summed E-state index contributed by atoms with van der Waals surface area (Å²) in [5, 5.41) is 14.8. The Morgan fingerprint density at radius 2 is 1.93 bits per heavy atom. The third kappa shape index (κ3) is 4.60. The molecule has 0 bridgehead atoms. The summed E-state index contributed by atoms with van der Waals surface area (Å²) < 4.78 is 53.2. The van der Waals surface area contributed by atoms with Crippen molar-refractivity contribution in [2.45, 2.75) is 38.9 Å². The van der Waals surface area contributed by atoms with E-state index in [4.69, 9.17) is 5.26 Å². The van der Waals surface area contributed by atoms with Gasteiger partial charge in [-0.2, -0.15) is 18.4 Å². The monoisotopic (exact) mass is 392 g/mol. The Hall–Kier alpha value is -3.08. The first kappa shape index (κ1) is 21.2. The molecule has 28 heavy (non-hydrogen) atoms. The maximum Gasteiger partial charge on any atom is 0.419 e. The number of hydrogen-bond acceptors (Lipinski definition) is 4. The van der Waals surface area contributed by atoms with Crippen molar-refractivity contribution in [3.63, 3.8) is 0 Å².